The maximum absolute atomic E-state index is 5.73. The van der Waals surface area contributed by atoms with E-state index in [0.29, 0.717) is 22.1 Å². The molecule has 2 aromatic rings. The van der Waals surface area contributed by atoms with E-state index in [1.807, 2.05) is 23.5 Å². The van der Waals surface area contributed by atoms with Crippen molar-refractivity contribution in [3.8, 4) is 11.5 Å². The number of aromatic nitrogens is 3. The van der Waals surface area contributed by atoms with E-state index < -0.39 is 0 Å². The molecule has 106 valence electrons. The van der Waals surface area contributed by atoms with Crippen molar-refractivity contribution in [2.24, 2.45) is 0 Å². The predicted octanol–water partition coefficient (Wildman–Crippen LogP) is 3.01. The summed E-state index contributed by atoms with van der Waals surface area (Å²) in [7, 11) is 0. The highest BCUT2D eigenvalue weighted by atomic mass is 32.2. The van der Waals surface area contributed by atoms with Gasteiger partial charge in [-0.05, 0) is 12.5 Å². The quantitative estimate of drug-likeness (QED) is 0.933. The van der Waals surface area contributed by atoms with Crippen LogP contribution in [0.15, 0.2) is 23.0 Å². The Morgan fingerprint density at radius 3 is 3.00 bits per heavy atom. The molecule has 0 spiro atoms. The molecule has 3 heterocycles. The third-order valence-electron chi connectivity index (χ3n) is 3.16. The lowest BCUT2D eigenvalue weighted by molar-refractivity contribution is 0.421. The average molecular weight is 308 g/mol. The summed E-state index contributed by atoms with van der Waals surface area (Å²) >= 11 is 3.91. The monoisotopic (exact) mass is 308 g/mol. The van der Waals surface area contributed by atoms with Gasteiger partial charge in [-0.3, -0.25) is 4.98 Å². The molecular formula is C13H16N4OS2. The fourth-order valence-corrected chi connectivity index (χ4v) is 5.17. The number of nitrogens with two attached hydrogens (primary N) is 1. The highest BCUT2D eigenvalue weighted by Gasteiger charge is 2.30. The molecule has 2 aromatic heterocycles. The summed E-state index contributed by atoms with van der Waals surface area (Å²) in [5.41, 5.74) is 7.09. The first-order chi connectivity index (χ1) is 9.78. The standard InChI is InChI=1S/C13H16N4OS2/c1-2-10-11(20-4-3-19-10)12-16-13(18-17-12)8-5-9(14)7-15-6-8/h5-7,10-11H,2-4,14H2,1H3. The molecule has 0 radical (unpaired) electrons. The number of nitrogen functional groups attached to an aromatic ring is 1. The molecule has 7 heteroatoms. The molecule has 0 aliphatic carbocycles. The van der Waals surface area contributed by atoms with Gasteiger partial charge in [-0.1, -0.05) is 12.1 Å². The number of hydrogen-bond donors (Lipinski definition) is 1. The van der Waals surface area contributed by atoms with Crippen LogP contribution in [0.1, 0.15) is 24.4 Å². The van der Waals surface area contributed by atoms with E-state index in [4.69, 9.17) is 10.3 Å². The lowest BCUT2D eigenvalue weighted by Gasteiger charge is -2.27. The van der Waals surface area contributed by atoms with Crippen LogP contribution < -0.4 is 5.73 Å². The summed E-state index contributed by atoms with van der Waals surface area (Å²) in [6.45, 7) is 2.21. The minimum atomic E-state index is 0.310. The first kappa shape index (κ1) is 13.8. The first-order valence-electron chi connectivity index (χ1n) is 6.55. The summed E-state index contributed by atoms with van der Waals surface area (Å²) in [4.78, 5) is 8.59. The van der Waals surface area contributed by atoms with Gasteiger partial charge in [0, 0.05) is 29.1 Å². The summed E-state index contributed by atoms with van der Waals surface area (Å²) < 4.78 is 5.37. The SMILES string of the molecule is CCC1SCCSC1c1noc(-c2cncc(N)c2)n1. The Morgan fingerprint density at radius 2 is 2.20 bits per heavy atom. The van der Waals surface area contributed by atoms with Crippen LogP contribution in [-0.4, -0.2) is 31.9 Å². The van der Waals surface area contributed by atoms with E-state index >= 15 is 0 Å². The second-order valence-electron chi connectivity index (χ2n) is 4.57. The Labute approximate surface area is 126 Å². The smallest absolute Gasteiger partial charge is 0.259 e. The van der Waals surface area contributed by atoms with Crippen LogP contribution in [-0.2, 0) is 0 Å². The van der Waals surface area contributed by atoms with Crippen LogP contribution in [0.2, 0.25) is 0 Å². The Bertz CT molecular complexity index is 589. The van der Waals surface area contributed by atoms with Crippen LogP contribution in [0.5, 0.6) is 0 Å². The Morgan fingerprint density at radius 1 is 1.35 bits per heavy atom. The number of hydrogen-bond acceptors (Lipinski definition) is 7. The minimum absolute atomic E-state index is 0.310. The minimum Gasteiger partial charge on any atom is -0.397 e. The second-order valence-corrected chi connectivity index (χ2v) is 7.17. The highest BCUT2D eigenvalue weighted by Crippen LogP contribution is 2.43. The first-order valence-corrected chi connectivity index (χ1v) is 8.65. The van der Waals surface area contributed by atoms with Crippen LogP contribution in [0.3, 0.4) is 0 Å². The fraction of sp³-hybridized carbons (Fsp3) is 0.462. The van der Waals surface area contributed by atoms with Gasteiger partial charge in [0.1, 0.15) is 0 Å². The van der Waals surface area contributed by atoms with Gasteiger partial charge in [-0.25, -0.2) is 0 Å². The Balaban J connectivity index is 1.86. The summed E-state index contributed by atoms with van der Waals surface area (Å²) in [6, 6.07) is 1.80. The Kier molecular flexibility index (Phi) is 4.16. The van der Waals surface area contributed by atoms with E-state index in [-0.39, 0.29) is 0 Å². The van der Waals surface area contributed by atoms with Gasteiger partial charge in [0.05, 0.1) is 16.5 Å². The lowest BCUT2D eigenvalue weighted by Crippen LogP contribution is -2.19. The molecule has 0 bridgehead atoms. The molecule has 3 rings (SSSR count). The molecule has 2 atom stereocenters. The topological polar surface area (TPSA) is 77.8 Å². The van der Waals surface area contributed by atoms with Crippen molar-refractivity contribution in [3.05, 3.63) is 24.3 Å². The molecule has 1 fully saturated rings. The zero-order valence-corrected chi connectivity index (χ0v) is 12.8. The van der Waals surface area contributed by atoms with Crippen molar-refractivity contribution in [1.29, 1.82) is 0 Å². The van der Waals surface area contributed by atoms with Gasteiger partial charge >= 0.3 is 0 Å². The van der Waals surface area contributed by atoms with Crippen LogP contribution >= 0.6 is 23.5 Å². The molecule has 2 N–H and O–H groups in total. The molecular weight excluding hydrogens is 292 g/mol. The van der Waals surface area contributed by atoms with E-state index in [1.165, 1.54) is 5.75 Å². The normalized spacial score (nSPS) is 22.9. The van der Waals surface area contributed by atoms with Gasteiger partial charge in [0.15, 0.2) is 5.82 Å². The molecule has 0 aromatic carbocycles. The molecule has 0 amide bonds. The molecule has 1 aliphatic rings. The van der Waals surface area contributed by atoms with Gasteiger partial charge in [-0.15, -0.1) is 11.8 Å². The number of nitrogens with zero attached hydrogens (tertiary/aromatic N) is 3. The van der Waals surface area contributed by atoms with E-state index in [1.54, 1.807) is 18.5 Å². The van der Waals surface area contributed by atoms with Crippen LogP contribution in [0.25, 0.3) is 11.5 Å². The third-order valence-corrected chi connectivity index (χ3v) is 6.40. The summed E-state index contributed by atoms with van der Waals surface area (Å²) in [5.74, 6) is 3.61. The zero-order valence-electron chi connectivity index (χ0n) is 11.2. The average Bonchev–Trinajstić information content (AvgIpc) is 2.97. The predicted molar refractivity (Wildman–Crippen MR) is 83.7 cm³/mol. The number of anilines is 1. The van der Waals surface area contributed by atoms with Gasteiger partial charge in [0.2, 0.25) is 0 Å². The summed E-state index contributed by atoms with van der Waals surface area (Å²) in [5, 5.41) is 5.02. The van der Waals surface area contributed by atoms with Crippen molar-refractivity contribution in [2.45, 2.75) is 23.8 Å². The molecule has 0 saturated carbocycles. The lowest BCUT2D eigenvalue weighted by atomic mass is 10.2. The largest absolute Gasteiger partial charge is 0.397 e. The maximum atomic E-state index is 5.73. The fourth-order valence-electron chi connectivity index (χ4n) is 2.18. The Hall–Kier alpha value is -1.21. The van der Waals surface area contributed by atoms with Crippen molar-refractivity contribution in [1.82, 2.24) is 15.1 Å². The third kappa shape index (κ3) is 2.78. The van der Waals surface area contributed by atoms with Crippen molar-refractivity contribution in [3.63, 3.8) is 0 Å². The summed E-state index contributed by atoms with van der Waals surface area (Å²) in [6.07, 6.45) is 4.40. The number of thioether (sulfide) groups is 2. The van der Waals surface area contributed by atoms with E-state index in [9.17, 15) is 0 Å². The van der Waals surface area contributed by atoms with Crippen molar-refractivity contribution in [2.75, 3.05) is 17.2 Å². The van der Waals surface area contributed by atoms with Crippen molar-refractivity contribution < 1.29 is 4.52 Å². The highest BCUT2D eigenvalue weighted by molar-refractivity contribution is 8.06. The maximum Gasteiger partial charge on any atom is 0.259 e. The van der Waals surface area contributed by atoms with Crippen molar-refractivity contribution >= 4 is 29.2 Å². The van der Waals surface area contributed by atoms with E-state index in [0.717, 1.165) is 23.6 Å². The van der Waals surface area contributed by atoms with E-state index in [2.05, 4.69) is 22.0 Å². The van der Waals surface area contributed by atoms with Gasteiger partial charge in [-0.2, -0.15) is 16.7 Å². The molecule has 2 unspecified atom stereocenters. The van der Waals surface area contributed by atoms with Gasteiger partial charge < -0.3 is 10.3 Å². The van der Waals surface area contributed by atoms with Gasteiger partial charge in [0.25, 0.3) is 5.89 Å². The molecule has 20 heavy (non-hydrogen) atoms. The second kappa shape index (κ2) is 6.05. The number of rotatable bonds is 3. The number of pyridine rings is 1. The van der Waals surface area contributed by atoms with Crippen LogP contribution in [0.4, 0.5) is 5.69 Å². The van der Waals surface area contributed by atoms with Crippen LogP contribution in [0, 0.1) is 0 Å². The molecule has 1 aliphatic heterocycles. The molecule has 1 saturated heterocycles. The molecule has 5 nitrogen and oxygen atoms in total. The zero-order chi connectivity index (χ0) is 13.9.